The first-order valence-corrected chi connectivity index (χ1v) is 8.92. The highest BCUT2D eigenvalue weighted by molar-refractivity contribution is 5.89. The molecule has 134 valence electrons. The molecule has 2 aromatic rings. The van der Waals surface area contributed by atoms with Crippen LogP contribution in [0.1, 0.15) is 41.5 Å². The van der Waals surface area contributed by atoms with E-state index in [1.54, 1.807) is 12.3 Å². The second-order valence-electron chi connectivity index (χ2n) is 6.86. The fourth-order valence-corrected chi connectivity index (χ4v) is 3.14. The Balaban J connectivity index is 1.51. The molecular formula is C19H26N4O2. The van der Waals surface area contributed by atoms with Gasteiger partial charge in [0, 0.05) is 25.0 Å². The molecule has 0 aliphatic carbocycles. The van der Waals surface area contributed by atoms with E-state index in [1.807, 2.05) is 30.7 Å². The standard InChI is InChI=1S/C19H26N4O2/c1-14-6-8-22(9-7-14)18-5-4-17(13-20-18)19(24)25-11-10-23-16(3)12-15(2)21-23/h4-5,12-14H,6-11H2,1-3H3. The van der Waals surface area contributed by atoms with E-state index in [4.69, 9.17) is 4.74 Å². The van der Waals surface area contributed by atoms with Crippen molar-refractivity contribution in [2.24, 2.45) is 5.92 Å². The number of anilines is 1. The lowest BCUT2D eigenvalue weighted by molar-refractivity contribution is 0.0486. The van der Waals surface area contributed by atoms with Crippen LogP contribution in [0.5, 0.6) is 0 Å². The van der Waals surface area contributed by atoms with Gasteiger partial charge in [-0.25, -0.2) is 9.78 Å². The highest BCUT2D eigenvalue weighted by atomic mass is 16.5. The van der Waals surface area contributed by atoms with Crippen LogP contribution in [0.25, 0.3) is 0 Å². The maximum atomic E-state index is 12.2. The van der Waals surface area contributed by atoms with Gasteiger partial charge in [0.1, 0.15) is 12.4 Å². The molecule has 6 nitrogen and oxygen atoms in total. The van der Waals surface area contributed by atoms with Gasteiger partial charge in [0.05, 0.1) is 17.8 Å². The van der Waals surface area contributed by atoms with E-state index in [9.17, 15) is 4.79 Å². The summed E-state index contributed by atoms with van der Waals surface area (Å²) in [6.45, 7) is 9.14. The fraction of sp³-hybridized carbons (Fsp3) is 0.526. The number of nitrogens with zero attached hydrogens (tertiary/aromatic N) is 4. The minimum absolute atomic E-state index is 0.298. The van der Waals surface area contributed by atoms with Gasteiger partial charge in [-0.05, 0) is 50.8 Å². The number of hydrogen-bond donors (Lipinski definition) is 0. The van der Waals surface area contributed by atoms with Crippen LogP contribution in [0.15, 0.2) is 24.4 Å². The molecule has 1 fully saturated rings. The Kier molecular flexibility index (Phi) is 5.36. The van der Waals surface area contributed by atoms with Crippen molar-refractivity contribution in [3.8, 4) is 0 Å². The minimum Gasteiger partial charge on any atom is -0.460 e. The Hall–Kier alpha value is -2.37. The van der Waals surface area contributed by atoms with Gasteiger partial charge in [0.2, 0.25) is 0 Å². The molecule has 0 atom stereocenters. The third kappa shape index (κ3) is 4.38. The normalized spacial score (nSPS) is 15.4. The van der Waals surface area contributed by atoms with Gasteiger partial charge >= 0.3 is 5.97 Å². The van der Waals surface area contributed by atoms with Crippen LogP contribution in [0.2, 0.25) is 0 Å². The highest BCUT2D eigenvalue weighted by Crippen LogP contribution is 2.21. The molecule has 1 aliphatic heterocycles. The monoisotopic (exact) mass is 342 g/mol. The highest BCUT2D eigenvalue weighted by Gasteiger charge is 2.17. The van der Waals surface area contributed by atoms with Crippen molar-refractivity contribution < 1.29 is 9.53 Å². The van der Waals surface area contributed by atoms with Crippen LogP contribution >= 0.6 is 0 Å². The smallest absolute Gasteiger partial charge is 0.339 e. The molecule has 3 rings (SSSR count). The van der Waals surface area contributed by atoms with Gasteiger partial charge < -0.3 is 9.64 Å². The molecule has 0 radical (unpaired) electrons. The van der Waals surface area contributed by atoms with E-state index < -0.39 is 0 Å². The lowest BCUT2D eigenvalue weighted by Crippen LogP contribution is -2.33. The molecule has 1 aliphatic rings. The number of carbonyl (C=O) groups is 1. The number of hydrogen-bond acceptors (Lipinski definition) is 5. The number of carbonyl (C=O) groups excluding carboxylic acids is 1. The number of piperidine rings is 1. The third-order valence-electron chi connectivity index (χ3n) is 4.73. The summed E-state index contributed by atoms with van der Waals surface area (Å²) in [7, 11) is 0. The summed E-state index contributed by atoms with van der Waals surface area (Å²) in [5.74, 6) is 1.38. The lowest BCUT2D eigenvalue weighted by atomic mass is 9.99. The quantitative estimate of drug-likeness (QED) is 0.782. The van der Waals surface area contributed by atoms with Crippen molar-refractivity contribution >= 4 is 11.8 Å². The van der Waals surface area contributed by atoms with Crippen LogP contribution in [0, 0.1) is 19.8 Å². The molecule has 0 amide bonds. The van der Waals surface area contributed by atoms with E-state index in [0.717, 1.165) is 36.2 Å². The predicted molar refractivity (Wildman–Crippen MR) is 96.8 cm³/mol. The topological polar surface area (TPSA) is 60.2 Å². The van der Waals surface area contributed by atoms with Crippen molar-refractivity contribution in [2.75, 3.05) is 24.6 Å². The number of ether oxygens (including phenoxy) is 1. The molecule has 0 bridgehead atoms. The molecule has 25 heavy (non-hydrogen) atoms. The molecule has 0 aromatic carbocycles. The Morgan fingerprint density at radius 2 is 2.04 bits per heavy atom. The molecule has 0 saturated carbocycles. The number of esters is 1. The molecule has 0 N–H and O–H groups in total. The first-order valence-electron chi connectivity index (χ1n) is 8.92. The Bertz CT molecular complexity index is 716. The Morgan fingerprint density at radius 3 is 2.64 bits per heavy atom. The van der Waals surface area contributed by atoms with Crippen molar-refractivity contribution in [3.63, 3.8) is 0 Å². The summed E-state index contributed by atoms with van der Waals surface area (Å²) in [4.78, 5) is 18.9. The zero-order valence-electron chi connectivity index (χ0n) is 15.2. The Labute approximate surface area is 148 Å². The van der Waals surface area contributed by atoms with Crippen molar-refractivity contribution in [1.82, 2.24) is 14.8 Å². The first kappa shape index (κ1) is 17.5. The van der Waals surface area contributed by atoms with E-state index in [-0.39, 0.29) is 5.97 Å². The van der Waals surface area contributed by atoms with Gasteiger partial charge in [-0.3, -0.25) is 4.68 Å². The summed E-state index contributed by atoms with van der Waals surface area (Å²) < 4.78 is 7.19. The van der Waals surface area contributed by atoms with Crippen molar-refractivity contribution in [2.45, 2.75) is 40.2 Å². The minimum atomic E-state index is -0.340. The summed E-state index contributed by atoms with van der Waals surface area (Å²) in [6.07, 6.45) is 3.99. The molecule has 6 heteroatoms. The van der Waals surface area contributed by atoms with Crippen LogP contribution in [-0.2, 0) is 11.3 Å². The van der Waals surface area contributed by atoms with Crippen LogP contribution in [0.3, 0.4) is 0 Å². The predicted octanol–water partition coefficient (Wildman–Crippen LogP) is 2.99. The number of pyridine rings is 1. The molecule has 0 unspecified atom stereocenters. The van der Waals surface area contributed by atoms with Crippen molar-refractivity contribution in [1.29, 1.82) is 0 Å². The molecule has 0 spiro atoms. The average Bonchev–Trinajstić information content (AvgIpc) is 2.93. The average molecular weight is 342 g/mol. The van der Waals surface area contributed by atoms with E-state index in [1.165, 1.54) is 12.8 Å². The van der Waals surface area contributed by atoms with Gasteiger partial charge in [0.15, 0.2) is 0 Å². The first-order chi connectivity index (χ1) is 12.0. The van der Waals surface area contributed by atoms with Crippen LogP contribution < -0.4 is 4.90 Å². The van der Waals surface area contributed by atoms with Gasteiger partial charge in [-0.1, -0.05) is 6.92 Å². The summed E-state index contributed by atoms with van der Waals surface area (Å²) >= 11 is 0. The van der Waals surface area contributed by atoms with Gasteiger partial charge in [0.25, 0.3) is 0 Å². The van der Waals surface area contributed by atoms with Crippen molar-refractivity contribution in [3.05, 3.63) is 41.3 Å². The summed E-state index contributed by atoms with van der Waals surface area (Å²) in [6, 6.07) is 5.71. The largest absolute Gasteiger partial charge is 0.460 e. The molecule has 1 saturated heterocycles. The van der Waals surface area contributed by atoms with E-state index in [2.05, 4.69) is 21.9 Å². The second kappa shape index (κ2) is 7.68. The zero-order valence-corrected chi connectivity index (χ0v) is 15.2. The van der Waals surface area contributed by atoms with Crippen LogP contribution in [-0.4, -0.2) is 40.4 Å². The lowest BCUT2D eigenvalue weighted by Gasteiger charge is -2.31. The van der Waals surface area contributed by atoms with Gasteiger partial charge in [-0.2, -0.15) is 5.10 Å². The Morgan fingerprint density at radius 1 is 1.28 bits per heavy atom. The summed E-state index contributed by atoms with van der Waals surface area (Å²) in [5, 5.41) is 4.36. The SMILES string of the molecule is Cc1cc(C)n(CCOC(=O)c2ccc(N3CCC(C)CC3)nc2)n1. The number of rotatable bonds is 5. The van der Waals surface area contributed by atoms with E-state index in [0.29, 0.717) is 18.7 Å². The van der Waals surface area contributed by atoms with Gasteiger partial charge in [-0.15, -0.1) is 0 Å². The molecule has 2 aromatic heterocycles. The maximum absolute atomic E-state index is 12.2. The maximum Gasteiger partial charge on any atom is 0.339 e. The summed E-state index contributed by atoms with van der Waals surface area (Å²) in [5.41, 5.74) is 2.52. The third-order valence-corrected chi connectivity index (χ3v) is 4.73. The number of aromatic nitrogens is 3. The fourth-order valence-electron chi connectivity index (χ4n) is 3.14. The molecular weight excluding hydrogens is 316 g/mol. The van der Waals surface area contributed by atoms with Crippen LogP contribution in [0.4, 0.5) is 5.82 Å². The molecule has 3 heterocycles. The second-order valence-corrected chi connectivity index (χ2v) is 6.86. The zero-order chi connectivity index (χ0) is 17.8. The van der Waals surface area contributed by atoms with E-state index >= 15 is 0 Å². The number of aryl methyl sites for hydroxylation is 2.